The first kappa shape index (κ1) is 18.0. The molecule has 3 rings (SSSR count). The van der Waals surface area contributed by atoms with Crippen LogP contribution in [0.3, 0.4) is 0 Å². The molecule has 5 heteroatoms. The molecular weight excluding hydrogens is 332 g/mol. The number of nitrogens with zero attached hydrogens (tertiary/aromatic N) is 1. The third kappa shape index (κ3) is 5.06. The van der Waals surface area contributed by atoms with Crippen LogP contribution in [-0.4, -0.2) is 37.0 Å². The van der Waals surface area contributed by atoms with E-state index in [-0.39, 0.29) is 18.6 Å². The fraction of sp³-hybridized carbons (Fsp3) is 0.450. The second kappa shape index (κ2) is 9.02. The number of carbonyl (C=O) groups excluding carboxylic acids is 1. The van der Waals surface area contributed by atoms with E-state index in [0.717, 1.165) is 24.4 Å². The summed E-state index contributed by atoms with van der Waals surface area (Å²) in [5, 5.41) is 5.17. The molecule has 2 heterocycles. The van der Waals surface area contributed by atoms with Crippen molar-refractivity contribution in [1.29, 1.82) is 0 Å². The maximum Gasteiger partial charge on any atom is 0.258 e. The Morgan fingerprint density at radius 3 is 2.72 bits per heavy atom. The van der Waals surface area contributed by atoms with Gasteiger partial charge in [0.1, 0.15) is 5.75 Å². The van der Waals surface area contributed by atoms with Crippen LogP contribution in [0.2, 0.25) is 0 Å². The lowest BCUT2D eigenvalue weighted by molar-refractivity contribution is -0.123. The van der Waals surface area contributed by atoms with Crippen LogP contribution in [-0.2, 0) is 4.79 Å². The number of para-hydroxylation sites is 1. The number of hydrogen-bond acceptors (Lipinski definition) is 4. The third-order valence-corrected chi connectivity index (χ3v) is 5.62. The highest BCUT2D eigenvalue weighted by atomic mass is 32.1. The average Bonchev–Trinajstić information content (AvgIpc) is 3.16. The monoisotopic (exact) mass is 358 g/mol. The van der Waals surface area contributed by atoms with Gasteiger partial charge in [0.2, 0.25) is 0 Å². The number of ether oxygens (including phenoxy) is 1. The van der Waals surface area contributed by atoms with Crippen LogP contribution in [0.15, 0.2) is 41.8 Å². The van der Waals surface area contributed by atoms with Gasteiger partial charge >= 0.3 is 0 Å². The summed E-state index contributed by atoms with van der Waals surface area (Å²) in [7, 11) is 0. The van der Waals surface area contributed by atoms with Gasteiger partial charge in [-0.2, -0.15) is 0 Å². The van der Waals surface area contributed by atoms with Gasteiger partial charge in [-0.25, -0.2) is 0 Å². The van der Waals surface area contributed by atoms with Crippen molar-refractivity contribution in [3.63, 3.8) is 0 Å². The minimum Gasteiger partial charge on any atom is -0.484 e. The second-order valence-corrected chi connectivity index (χ2v) is 7.47. The number of aryl methyl sites for hydroxylation is 1. The predicted molar refractivity (Wildman–Crippen MR) is 102 cm³/mol. The molecule has 4 nitrogen and oxygen atoms in total. The Balaban J connectivity index is 1.53. The van der Waals surface area contributed by atoms with E-state index in [9.17, 15) is 4.79 Å². The first-order chi connectivity index (χ1) is 12.2. The van der Waals surface area contributed by atoms with Crippen LogP contribution in [0.4, 0.5) is 0 Å². The van der Waals surface area contributed by atoms with E-state index in [1.54, 1.807) is 11.3 Å². The fourth-order valence-electron chi connectivity index (χ4n) is 3.24. The van der Waals surface area contributed by atoms with Crippen molar-refractivity contribution in [3.8, 4) is 5.75 Å². The largest absolute Gasteiger partial charge is 0.484 e. The molecule has 1 N–H and O–H groups in total. The second-order valence-electron chi connectivity index (χ2n) is 6.49. The number of hydrogen-bond donors (Lipinski definition) is 1. The Morgan fingerprint density at radius 2 is 2.00 bits per heavy atom. The number of rotatable bonds is 7. The molecule has 1 unspecified atom stereocenters. The normalized spacial score (nSPS) is 16.4. The summed E-state index contributed by atoms with van der Waals surface area (Å²) in [5.41, 5.74) is 1.04. The zero-order chi connectivity index (χ0) is 17.5. The molecule has 1 saturated heterocycles. The molecule has 1 fully saturated rings. The molecule has 1 aromatic carbocycles. The van der Waals surface area contributed by atoms with Crippen molar-refractivity contribution in [2.24, 2.45) is 0 Å². The summed E-state index contributed by atoms with van der Waals surface area (Å²) in [5.74, 6) is 0.699. The van der Waals surface area contributed by atoms with Gasteiger partial charge in [0.15, 0.2) is 6.61 Å². The number of carbonyl (C=O) groups is 1. The van der Waals surface area contributed by atoms with E-state index < -0.39 is 0 Å². The first-order valence-electron chi connectivity index (χ1n) is 8.96. The van der Waals surface area contributed by atoms with E-state index in [1.165, 1.54) is 24.1 Å². The van der Waals surface area contributed by atoms with Gasteiger partial charge in [-0.3, -0.25) is 9.69 Å². The van der Waals surface area contributed by atoms with Crippen LogP contribution in [0.1, 0.15) is 35.7 Å². The summed E-state index contributed by atoms with van der Waals surface area (Å²) >= 11 is 1.76. The van der Waals surface area contributed by atoms with Crippen molar-refractivity contribution in [1.82, 2.24) is 10.2 Å². The molecule has 134 valence electrons. The van der Waals surface area contributed by atoms with E-state index >= 15 is 0 Å². The van der Waals surface area contributed by atoms with Crippen LogP contribution < -0.4 is 10.1 Å². The standard InChI is InChI=1S/C20H26N2O2S/c1-16-8-3-4-9-18(16)24-15-20(23)21-14-17(19-10-7-13-25-19)22-11-5-2-6-12-22/h3-4,7-10,13,17H,2,5-6,11-12,14-15H2,1H3,(H,21,23). The molecule has 0 radical (unpaired) electrons. The minimum absolute atomic E-state index is 0.0576. The molecule has 0 aliphatic carbocycles. The molecule has 1 atom stereocenters. The molecular formula is C20H26N2O2S. The predicted octanol–water partition coefficient (Wildman–Crippen LogP) is 3.78. The van der Waals surface area contributed by atoms with Crippen LogP contribution in [0, 0.1) is 6.92 Å². The molecule has 1 amide bonds. The molecule has 1 aliphatic rings. The van der Waals surface area contributed by atoms with Gasteiger partial charge in [-0.05, 0) is 55.9 Å². The number of amides is 1. The maximum atomic E-state index is 12.2. The smallest absolute Gasteiger partial charge is 0.258 e. The van der Waals surface area contributed by atoms with E-state index in [1.807, 2.05) is 31.2 Å². The van der Waals surface area contributed by atoms with Crippen molar-refractivity contribution in [2.45, 2.75) is 32.2 Å². The highest BCUT2D eigenvalue weighted by molar-refractivity contribution is 7.10. The first-order valence-corrected chi connectivity index (χ1v) is 9.84. The number of benzene rings is 1. The van der Waals surface area contributed by atoms with E-state index in [2.05, 4.69) is 27.7 Å². The number of piperidine rings is 1. The number of thiophene rings is 1. The maximum absolute atomic E-state index is 12.2. The van der Waals surface area contributed by atoms with Crippen molar-refractivity contribution in [3.05, 3.63) is 52.2 Å². The van der Waals surface area contributed by atoms with Gasteiger partial charge < -0.3 is 10.1 Å². The molecule has 1 aliphatic heterocycles. The minimum atomic E-state index is -0.0678. The quantitative estimate of drug-likeness (QED) is 0.819. The van der Waals surface area contributed by atoms with Gasteiger partial charge in [-0.15, -0.1) is 11.3 Å². The van der Waals surface area contributed by atoms with Crippen LogP contribution in [0.5, 0.6) is 5.75 Å². The zero-order valence-corrected chi connectivity index (χ0v) is 15.6. The Morgan fingerprint density at radius 1 is 1.20 bits per heavy atom. The highest BCUT2D eigenvalue weighted by Gasteiger charge is 2.23. The van der Waals surface area contributed by atoms with E-state index in [0.29, 0.717) is 6.54 Å². The summed E-state index contributed by atoms with van der Waals surface area (Å²) in [6, 6.07) is 12.3. The van der Waals surface area contributed by atoms with Crippen molar-refractivity contribution >= 4 is 17.2 Å². The van der Waals surface area contributed by atoms with Gasteiger partial charge in [-0.1, -0.05) is 30.7 Å². The summed E-state index contributed by atoms with van der Waals surface area (Å²) in [6.07, 6.45) is 3.79. The fourth-order valence-corrected chi connectivity index (χ4v) is 4.10. The Bertz CT molecular complexity index is 666. The SMILES string of the molecule is Cc1ccccc1OCC(=O)NCC(c1cccs1)N1CCCCC1. The van der Waals surface area contributed by atoms with Crippen LogP contribution >= 0.6 is 11.3 Å². The molecule has 25 heavy (non-hydrogen) atoms. The third-order valence-electron chi connectivity index (χ3n) is 4.65. The van der Waals surface area contributed by atoms with Gasteiger partial charge in [0.25, 0.3) is 5.91 Å². The lowest BCUT2D eigenvalue weighted by Crippen LogP contribution is -2.41. The lowest BCUT2D eigenvalue weighted by atomic mass is 10.1. The van der Waals surface area contributed by atoms with Crippen molar-refractivity contribution < 1.29 is 9.53 Å². The summed E-state index contributed by atoms with van der Waals surface area (Å²) < 4.78 is 5.64. The average molecular weight is 359 g/mol. The molecule has 2 aromatic rings. The number of likely N-dealkylation sites (tertiary alicyclic amines) is 1. The van der Waals surface area contributed by atoms with Crippen LogP contribution in [0.25, 0.3) is 0 Å². The van der Waals surface area contributed by atoms with Crippen molar-refractivity contribution in [2.75, 3.05) is 26.2 Å². The molecule has 0 spiro atoms. The Hall–Kier alpha value is -1.85. The lowest BCUT2D eigenvalue weighted by Gasteiger charge is -2.34. The van der Waals surface area contributed by atoms with Gasteiger partial charge in [0, 0.05) is 11.4 Å². The Labute approximate surface area is 153 Å². The molecule has 1 aromatic heterocycles. The zero-order valence-electron chi connectivity index (χ0n) is 14.7. The highest BCUT2D eigenvalue weighted by Crippen LogP contribution is 2.27. The van der Waals surface area contributed by atoms with Gasteiger partial charge in [0.05, 0.1) is 6.04 Å². The molecule has 0 saturated carbocycles. The summed E-state index contributed by atoms with van der Waals surface area (Å²) in [6.45, 7) is 4.89. The summed E-state index contributed by atoms with van der Waals surface area (Å²) in [4.78, 5) is 16.1. The van der Waals surface area contributed by atoms with E-state index in [4.69, 9.17) is 4.74 Å². The topological polar surface area (TPSA) is 41.6 Å². The molecule has 0 bridgehead atoms. The Kier molecular flexibility index (Phi) is 6.48. The number of nitrogens with one attached hydrogen (secondary N) is 1.